The lowest BCUT2D eigenvalue weighted by Gasteiger charge is -2.34. The van der Waals surface area contributed by atoms with Crippen molar-refractivity contribution in [1.29, 1.82) is 0 Å². The molecule has 3 aromatic rings. The highest BCUT2D eigenvalue weighted by molar-refractivity contribution is 7.89. The highest BCUT2D eigenvalue weighted by Crippen LogP contribution is 2.48. The van der Waals surface area contributed by atoms with E-state index in [0.29, 0.717) is 35.0 Å². The van der Waals surface area contributed by atoms with E-state index in [9.17, 15) is 26.4 Å². The van der Waals surface area contributed by atoms with Gasteiger partial charge in [0.2, 0.25) is 15.9 Å². The number of rotatable bonds is 4. The fraction of sp³-hybridized carbons (Fsp3) is 0.250. The molecule has 9 heteroatoms. The second-order valence-electron chi connectivity index (χ2n) is 7.33. The van der Waals surface area contributed by atoms with Gasteiger partial charge >= 0.3 is 0 Å². The first-order valence-electron chi connectivity index (χ1n) is 8.90. The zero-order valence-electron chi connectivity index (χ0n) is 15.3. The fourth-order valence-corrected chi connectivity index (χ4v) is 4.37. The lowest BCUT2D eigenvalue weighted by Crippen LogP contribution is -2.40. The SMILES string of the molecule is CS(=O)(=O)NC(=O)[C@H]1C[C@H](c2c(-c3ccc(F)cc3)[nH]c3c(F)cc(F)cc32)C1. The van der Waals surface area contributed by atoms with Crippen LogP contribution >= 0.6 is 0 Å². The summed E-state index contributed by atoms with van der Waals surface area (Å²) in [6.45, 7) is 0. The van der Waals surface area contributed by atoms with Crippen LogP contribution in [-0.4, -0.2) is 25.6 Å². The molecule has 1 amide bonds. The van der Waals surface area contributed by atoms with Gasteiger partial charge in [0.25, 0.3) is 0 Å². The van der Waals surface area contributed by atoms with Crippen molar-refractivity contribution in [3.8, 4) is 11.3 Å². The summed E-state index contributed by atoms with van der Waals surface area (Å²) in [5.41, 5.74) is 1.89. The number of halogens is 3. The smallest absolute Gasteiger partial charge is 0.236 e. The average molecular weight is 422 g/mol. The predicted octanol–water partition coefficient (Wildman–Crippen LogP) is 3.82. The van der Waals surface area contributed by atoms with E-state index < -0.39 is 39.3 Å². The van der Waals surface area contributed by atoms with Crippen molar-refractivity contribution in [1.82, 2.24) is 9.71 Å². The van der Waals surface area contributed by atoms with Crippen LogP contribution in [0.2, 0.25) is 0 Å². The van der Waals surface area contributed by atoms with Gasteiger partial charge in [-0.2, -0.15) is 0 Å². The summed E-state index contributed by atoms with van der Waals surface area (Å²) in [5.74, 6) is -3.22. The molecule has 0 saturated heterocycles. The number of amides is 1. The molecule has 0 unspecified atom stereocenters. The van der Waals surface area contributed by atoms with Crippen LogP contribution in [0.15, 0.2) is 36.4 Å². The first kappa shape index (κ1) is 19.5. The maximum Gasteiger partial charge on any atom is 0.236 e. The lowest BCUT2D eigenvalue weighted by atomic mass is 9.70. The number of fused-ring (bicyclic) bond motifs is 1. The standard InChI is InChI=1S/C20H17F3N2O3S/c1-29(27,28)25-20(26)12-6-11(7-12)17-15-8-14(22)9-16(23)19(15)24-18(17)10-2-4-13(21)5-3-10/h2-5,8-9,11-12,24H,6-7H2,1H3,(H,25,26)/t11-,12-. The van der Waals surface area contributed by atoms with Crippen molar-refractivity contribution < 1.29 is 26.4 Å². The van der Waals surface area contributed by atoms with Crippen LogP contribution in [0.3, 0.4) is 0 Å². The van der Waals surface area contributed by atoms with Crippen molar-refractivity contribution in [2.45, 2.75) is 18.8 Å². The Morgan fingerprint density at radius 3 is 2.34 bits per heavy atom. The number of aromatic amines is 1. The van der Waals surface area contributed by atoms with Crippen LogP contribution in [0.25, 0.3) is 22.2 Å². The first-order valence-corrected chi connectivity index (χ1v) is 10.8. The second kappa shape index (κ2) is 6.91. The van der Waals surface area contributed by atoms with E-state index >= 15 is 0 Å². The molecule has 1 saturated carbocycles. The molecule has 4 rings (SSSR count). The largest absolute Gasteiger partial charge is 0.352 e. The summed E-state index contributed by atoms with van der Waals surface area (Å²) >= 11 is 0. The van der Waals surface area contributed by atoms with Gasteiger partial charge in [0.1, 0.15) is 17.5 Å². The molecule has 1 aliphatic carbocycles. The molecule has 2 aromatic carbocycles. The molecule has 152 valence electrons. The van der Waals surface area contributed by atoms with Crippen LogP contribution in [0, 0.1) is 23.4 Å². The van der Waals surface area contributed by atoms with E-state index in [-0.39, 0.29) is 11.4 Å². The van der Waals surface area contributed by atoms with E-state index in [1.54, 1.807) is 0 Å². The molecule has 0 aliphatic heterocycles. The van der Waals surface area contributed by atoms with Crippen molar-refractivity contribution >= 4 is 26.8 Å². The third-order valence-electron chi connectivity index (χ3n) is 5.20. The Bertz CT molecular complexity index is 1210. The van der Waals surface area contributed by atoms with Crippen LogP contribution in [0.1, 0.15) is 24.3 Å². The van der Waals surface area contributed by atoms with Gasteiger partial charge in [-0.05, 0) is 60.2 Å². The number of H-pyrrole nitrogens is 1. The van der Waals surface area contributed by atoms with Gasteiger partial charge in [-0.15, -0.1) is 0 Å². The number of carbonyl (C=O) groups excluding carboxylic acids is 1. The molecule has 0 bridgehead atoms. The van der Waals surface area contributed by atoms with Gasteiger partial charge in [0.05, 0.1) is 17.5 Å². The molecule has 29 heavy (non-hydrogen) atoms. The third kappa shape index (κ3) is 3.74. The highest BCUT2D eigenvalue weighted by Gasteiger charge is 2.39. The van der Waals surface area contributed by atoms with Gasteiger partial charge in [0, 0.05) is 17.4 Å². The maximum absolute atomic E-state index is 14.3. The number of benzene rings is 2. The molecule has 0 atom stereocenters. The topological polar surface area (TPSA) is 79.0 Å². The summed E-state index contributed by atoms with van der Waals surface area (Å²) in [6.07, 6.45) is 1.57. The Kier molecular flexibility index (Phi) is 4.65. The molecule has 0 radical (unpaired) electrons. The molecule has 1 fully saturated rings. The van der Waals surface area contributed by atoms with Crippen molar-refractivity contribution in [3.63, 3.8) is 0 Å². The fourth-order valence-electron chi connectivity index (χ4n) is 3.84. The number of aromatic nitrogens is 1. The Morgan fingerprint density at radius 1 is 1.07 bits per heavy atom. The molecular weight excluding hydrogens is 405 g/mol. The average Bonchev–Trinajstić information content (AvgIpc) is 2.92. The third-order valence-corrected chi connectivity index (χ3v) is 5.77. The molecule has 0 spiro atoms. The number of nitrogens with one attached hydrogen (secondary N) is 2. The van der Waals surface area contributed by atoms with E-state index in [0.717, 1.165) is 12.3 Å². The van der Waals surface area contributed by atoms with Gasteiger partial charge in [-0.1, -0.05) is 0 Å². The number of hydrogen-bond acceptors (Lipinski definition) is 3. The summed E-state index contributed by atoms with van der Waals surface area (Å²) in [4.78, 5) is 15.0. The summed E-state index contributed by atoms with van der Waals surface area (Å²) in [5, 5.41) is 0.355. The van der Waals surface area contributed by atoms with Gasteiger partial charge in [0.15, 0.2) is 0 Å². The molecule has 5 nitrogen and oxygen atoms in total. The minimum Gasteiger partial charge on any atom is -0.352 e. The molecule has 2 N–H and O–H groups in total. The predicted molar refractivity (Wildman–Crippen MR) is 102 cm³/mol. The first-order chi connectivity index (χ1) is 13.6. The summed E-state index contributed by atoms with van der Waals surface area (Å²) in [7, 11) is -3.66. The lowest BCUT2D eigenvalue weighted by molar-refractivity contribution is -0.126. The van der Waals surface area contributed by atoms with Crippen LogP contribution in [-0.2, 0) is 14.8 Å². The number of carbonyl (C=O) groups is 1. The van der Waals surface area contributed by atoms with E-state index in [1.165, 1.54) is 30.3 Å². The number of sulfonamides is 1. The van der Waals surface area contributed by atoms with E-state index in [1.807, 2.05) is 4.72 Å². The zero-order valence-corrected chi connectivity index (χ0v) is 16.1. The monoisotopic (exact) mass is 422 g/mol. The van der Waals surface area contributed by atoms with Crippen LogP contribution in [0.5, 0.6) is 0 Å². The minimum atomic E-state index is -3.66. The molecule has 1 aliphatic rings. The van der Waals surface area contributed by atoms with Gasteiger partial charge in [-0.3, -0.25) is 9.52 Å². The van der Waals surface area contributed by atoms with Crippen LogP contribution < -0.4 is 4.72 Å². The summed E-state index contributed by atoms with van der Waals surface area (Å²) < 4.78 is 66.0. The molecule has 1 heterocycles. The van der Waals surface area contributed by atoms with Crippen molar-refractivity contribution in [3.05, 3.63) is 59.4 Å². The number of hydrogen-bond donors (Lipinski definition) is 2. The maximum atomic E-state index is 14.3. The summed E-state index contributed by atoms with van der Waals surface area (Å²) in [6, 6.07) is 7.60. The van der Waals surface area contributed by atoms with Gasteiger partial charge < -0.3 is 4.98 Å². The van der Waals surface area contributed by atoms with E-state index in [4.69, 9.17) is 0 Å². The van der Waals surface area contributed by atoms with E-state index in [2.05, 4.69) is 4.98 Å². The Hall–Kier alpha value is -2.81. The quantitative estimate of drug-likeness (QED) is 0.671. The molecular formula is C20H17F3N2O3S. The van der Waals surface area contributed by atoms with Gasteiger partial charge in [-0.25, -0.2) is 21.6 Å². The van der Waals surface area contributed by atoms with Crippen molar-refractivity contribution in [2.75, 3.05) is 6.26 Å². The second-order valence-corrected chi connectivity index (χ2v) is 9.08. The highest BCUT2D eigenvalue weighted by atomic mass is 32.2. The Labute approximate surface area is 165 Å². The van der Waals surface area contributed by atoms with Crippen LogP contribution in [0.4, 0.5) is 13.2 Å². The normalized spacial score (nSPS) is 19.2. The van der Waals surface area contributed by atoms with Crippen molar-refractivity contribution in [2.24, 2.45) is 5.92 Å². The molecule has 1 aromatic heterocycles. The minimum absolute atomic E-state index is 0.129. The Morgan fingerprint density at radius 2 is 1.72 bits per heavy atom. The Balaban J connectivity index is 1.74. The zero-order chi connectivity index (χ0) is 20.9.